The fourth-order valence-electron chi connectivity index (χ4n) is 2.51. The average molecular weight is 337 g/mol. The van der Waals surface area contributed by atoms with Crippen molar-refractivity contribution in [2.75, 3.05) is 11.9 Å². The van der Waals surface area contributed by atoms with E-state index in [2.05, 4.69) is 5.32 Å². The molecule has 0 heterocycles. The topological polar surface area (TPSA) is 45.7 Å². The van der Waals surface area contributed by atoms with Gasteiger partial charge in [-0.1, -0.05) is 26.0 Å². The lowest BCUT2D eigenvalue weighted by molar-refractivity contribution is -0.692. The molecule has 0 radical (unpaired) electrons. The molecule has 0 aromatic heterocycles. The summed E-state index contributed by atoms with van der Waals surface area (Å²) in [6, 6.07) is 8.95. The van der Waals surface area contributed by atoms with Crippen molar-refractivity contribution in [2.45, 2.75) is 19.9 Å². The van der Waals surface area contributed by atoms with E-state index >= 15 is 0 Å². The monoisotopic (exact) mass is 337 g/mol. The minimum Gasteiger partial charge on any atom is -0.332 e. The van der Waals surface area contributed by atoms with Gasteiger partial charge in [0.05, 0.1) is 5.69 Å². The van der Waals surface area contributed by atoms with Gasteiger partial charge in [-0.25, -0.2) is 13.2 Å². The van der Waals surface area contributed by atoms with E-state index < -0.39 is 17.5 Å². The Hall–Kier alpha value is -2.34. The molecule has 6 heteroatoms. The summed E-state index contributed by atoms with van der Waals surface area (Å²) >= 11 is 0. The molecule has 0 bridgehead atoms. The van der Waals surface area contributed by atoms with Crippen LogP contribution in [-0.2, 0) is 4.79 Å². The maximum absolute atomic E-state index is 13.5. The first-order valence-corrected chi connectivity index (χ1v) is 7.70. The molecule has 3 nitrogen and oxygen atoms in total. The van der Waals surface area contributed by atoms with Crippen molar-refractivity contribution < 1.29 is 23.3 Å². The van der Waals surface area contributed by atoms with Gasteiger partial charge in [0, 0.05) is 17.5 Å². The fourth-order valence-corrected chi connectivity index (χ4v) is 2.51. The molecule has 0 spiro atoms. The summed E-state index contributed by atoms with van der Waals surface area (Å²) in [5.74, 6) is -1.87. The van der Waals surface area contributed by atoms with Crippen molar-refractivity contribution in [3.63, 3.8) is 0 Å². The average Bonchev–Trinajstić information content (AvgIpc) is 2.52. The van der Waals surface area contributed by atoms with Crippen molar-refractivity contribution in [1.82, 2.24) is 0 Å². The molecule has 0 aliphatic carbocycles. The number of quaternary nitrogens is 1. The quantitative estimate of drug-likeness (QED) is 0.836. The first-order chi connectivity index (χ1) is 11.4. The molecule has 2 aromatic rings. The van der Waals surface area contributed by atoms with Gasteiger partial charge in [0.15, 0.2) is 6.54 Å². The normalized spacial score (nSPS) is 12.2. The second-order valence-corrected chi connectivity index (χ2v) is 5.93. The standard InChI is InChI=1S/C18H19F3N2O/c1-11(2)18(12-3-5-13(19)6-4-12)22-10-17(24)23-16-9-14(20)7-8-15(16)21/h3-9,11,18,22H,10H2,1-2H3,(H,23,24)/p+1/t18-/m1/s1. The molecule has 128 valence electrons. The van der Waals surface area contributed by atoms with Gasteiger partial charge in [-0.2, -0.15) is 0 Å². The lowest BCUT2D eigenvalue weighted by Gasteiger charge is -2.19. The van der Waals surface area contributed by atoms with Crippen LogP contribution < -0.4 is 10.6 Å². The van der Waals surface area contributed by atoms with Crippen LogP contribution in [0, 0.1) is 23.4 Å². The van der Waals surface area contributed by atoms with E-state index in [4.69, 9.17) is 0 Å². The SMILES string of the molecule is CC(C)[C@@H]([NH2+]CC(=O)Nc1cc(F)ccc1F)c1ccc(F)cc1. The predicted molar refractivity (Wildman–Crippen MR) is 85.8 cm³/mol. The van der Waals surface area contributed by atoms with E-state index in [-0.39, 0.29) is 30.0 Å². The summed E-state index contributed by atoms with van der Waals surface area (Å²) in [5.41, 5.74) is 0.715. The van der Waals surface area contributed by atoms with Crippen LogP contribution in [0.5, 0.6) is 0 Å². The number of benzene rings is 2. The molecule has 0 fully saturated rings. The lowest BCUT2D eigenvalue weighted by atomic mass is 9.96. The highest BCUT2D eigenvalue weighted by atomic mass is 19.1. The molecular formula is C18H20F3N2O+. The Morgan fingerprint density at radius 3 is 2.29 bits per heavy atom. The number of rotatable bonds is 6. The Morgan fingerprint density at radius 2 is 1.67 bits per heavy atom. The molecule has 2 aromatic carbocycles. The predicted octanol–water partition coefficient (Wildman–Crippen LogP) is 3.00. The van der Waals surface area contributed by atoms with Crippen LogP contribution in [0.2, 0.25) is 0 Å². The number of hydrogen-bond acceptors (Lipinski definition) is 1. The number of carbonyl (C=O) groups is 1. The number of carbonyl (C=O) groups excluding carboxylic acids is 1. The summed E-state index contributed by atoms with van der Waals surface area (Å²) in [7, 11) is 0. The third-order valence-electron chi connectivity index (χ3n) is 3.73. The minimum atomic E-state index is -0.691. The third kappa shape index (κ3) is 4.83. The molecular weight excluding hydrogens is 317 g/mol. The van der Waals surface area contributed by atoms with Crippen LogP contribution in [0.4, 0.5) is 18.9 Å². The number of nitrogens with one attached hydrogen (secondary N) is 1. The van der Waals surface area contributed by atoms with Crippen LogP contribution in [-0.4, -0.2) is 12.5 Å². The zero-order valence-corrected chi connectivity index (χ0v) is 13.5. The third-order valence-corrected chi connectivity index (χ3v) is 3.73. The number of halogens is 3. The van der Waals surface area contributed by atoms with E-state index in [0.29, 0.717) is 0 Å². The van der Waals surface area contributed by atoms with E-state index in [1.54, 1.807) is 17.4 Å². The summed E-state index contributed by atoms with van der Waals surface area (Å²) in [6.07, 6.45) is 0. The van der Waals surface area contributed by atoms with Gasteiger partial charge < -0.3 is 10.6 Å². The van der Waals surface area contributed by atoms with Crippen molar-refractivity contribution >= 4 is 11.6 Å². The van der Waals surface area contributed by atoms with Gasteiger partial charge >= 0.3 is 0 Å². The van der Waals surface area contributed by atoms with Crippen LogP contribution in [0.3, 0.4) is 0 Å². The lowest BCUT2D eigenvalue weighted by Crippen LogP contribution is -2.88. The van der Waals surface area contributed by atoms with Crippen LogP contribution >= 0.6 is 0 Å². The van der Waals surface area contributed by atoms with Crippen molar-refractivity contribution in [1.29, 1.82) is 0 Å². The molecule has 0 aliphatic rings. The Balaban J connectivity index is 2.00. The summed E-state index contributed by atoms with van der Waals surface area (Å²) in [6.45, 7) is 4.03. The maximum Gasteiger partial charge on any atom is 0.279 e. The van der Waals surface area contributed by atoms with Crippen molar-refractivity contribution in [2.24, 2.45) is 5.92 Å². The van der Waals surface area contributed by atoms with Gasteiger partial charge in [0.2, 0.25) is 0 Å². The molecule has 0 aliphatic heterocycles. The molecule has 0 saturated heterocycles. The molecule has 1 amide bonds. The molecule has 3 N–H and O–H groups in total. The highest BCUT2D eigenvalue weighted by molar-refractivity contribution is 5.91. The van der Waals surface area contributed by atoms with E-state index in [1.807, 2.05) is 13.8 Å². The zero-order chi connectivity index (χ0) is 17.7. The zero-order valence-electron chi connectivity index (χ0n) is 13.5. The fraction of sp³-hybridized carbons (Fsp3) is 0.278. The summed E-state index contributed by atoms with van der Waals surface area (Å²) in [5, 5.41) is 4.16. The summed E-state index contributed by atoms with van der Waals surface area (Å²) < 4.78 is 39.7. The van der Waals surface area contributed by atoms with Crippen LogP contribution in [0.15, 0.2) is 42.5 Å². The Morgan fingerprint density at radius 1 is 1.04 bits per heavy atom. The van der Waals surface area contributed by atoms with Crippen LogP contribution in [0.25, 0.3) is 0 Å². The second kappa shape index (κ2) is 7.97. The highest BCUT2D eigenvalue weighted by Crippen LogP contribution is 2.18. The van der Waals surface area contributed by atoms with Crippen LogP contribution in [0.1, 0.15) is 25.5 Å². The molecule has 0 saturated carbocycles. The number of nitrogens with two attached hydrogens (primary N) is 1. The van der Waals surface area contributed by atoms with E-state index in [0.717, 1.165) is 23.8 Å². The Kier molecular flexibility index (Phi) is 5.98. The van der Waals surface area contributed by atoms with E-state index in [1.165, 1.54) is 12.1 Å². The highest BCUT2D eigenvalue weighted by Gasteiger charge is 2.21. The Bertz CT molecular complexity index is 702. The molecule has 24 heavy (non-hydrogen) atoms. The van der Waals surface area contributed by atoms with Gasteiger partial charge in [-0.05, 0) is 24.3 Å². The van der Waals surface area contributed by atoms with E-state index in [9.17, 15) is 18.0 Å². The first kappa shape index (κ1) is 18.0. The summed E-state index contributed by atoms with van der Waals surface area (Å²) in [4.78, 5) is 12.0. The maximum atomic E-state index is 13.5. The molecule has 0 unspecified atom stereocenters. The van der Waals surface area contributed by atoms with Gasteiger partial charge in [0.25, 0.3) is 5.91 Å². The number of anilines is 1. The number of hydrogen-bond donors (Lipinski definition) is 2. The Labute approximate surface area is 138 Å². The minimum absolute atomic E-state index is 0.0379. The first-order valence-electron chi connectivity index (χ1n) is 7.70. The largest absolute Gasteiger partial charge is 0.332 e. The smallest absolute Gasteiger partial charge is 0.279 e. The number of amides is 1. The van der Waals surface area contributed by atoms with Crippen molar-refractivity contribution in [3.05, 3.63) is 65.5 Å². The van der Waals surface area contributed by atoms with Gasteiger partial charge in [-0.15, -0.1) is 0 Å². The van der Waals surface area contributed by atoms with Gasteiger partial charge in [0.1, 0.15) is 23.5 Å². The van der Waals surface area contributed by atoms with Gasteiger partial charge in [-0.3, -0.25) is 4.79 Å². The second-order valence-electron chi connectivity index (χ2n) is 5.93. The molecule has 2 rings (SSSR count). The molecule has 1 atom stereocenters. The van der Waals surface area contributed by atoms with Crippen molar-refractivity contribution in [3.8, 4) is 0 Å².